The van der Waals surface area contributed by atoms with Crippen LogP contribution in [0.4, 0.5) is 4.39 Å². The third-order valence-corrected chi connectivity index (χ3v) is 2.16. The lowest BCUT2D eigenvalue weighted by atomic mass is 10.2. The van der Waals surface area contributed by atoms with Gasteiger partial charge in [0, 0.05) is 5.56 Å². The maximum atomic E-state index is 12.8. The van der Waals surface area contributed by atoms with Gasteiger partial charge in [-0.05, 0) is 18.2 Å². The van der Waals surface area contributed by atoms with Crippen LogP contribution in [0.15, 0.2) is 22.7 Å². The van der Waals surface area contributed by atoms with Crippen molar-refractivity contribution in [3.63, 3.8) is 0 Å². The molecule has 0 bridgehead atoms. The summed E-state index contributed by atoms with van der Waals surface area (Å²) in [5, 5.41) is 3.88. The van der Waals surface area contributed by atoms with Gasteiger partial charge in [-0.25, -0.2) is 10.3 Å². The van der Waals surface area contributed by atoms with Gasteiger partial charge in [0.2, 0.25) is 5.82 Å². The zero-order valence-electron chi connectivity index (χ0n) is 7.98. The van der Waals surface area contributed by atoms with E-state index in [2.05, 4.69) is 15.0 Å². The summed E-state index contributed by atoms with van der Waals surface area (Å²) in [6, 6.07) is 3.90. The van der Waals surface area contributed by atoms with Crippen molar-refractivity contribution in [2.45, 2.75) is 6.61 Å². The Morgan fingerprint density at radius 3 is 3.00 bits per heavy atom. The minimum Gasteiger partial charge on any atom is -0.336 e. The average molecular weight is 244 g/mol. The van der Waals surface area contributed by atoms with Gasteiger partial charge >= 0.3 is 0 Å². The van der Waals surface area contributed by atoms with E-state index >= 15 is 0 Å². The molecule has 0 saturated heterocycles. The van der Waals surface area contributed by atoms with Crippen molar-refractivity contribution >= 4 is 11.6 Å². The van der Waals surface area contributed by atoms with Gasteiger partial charge in [0.25, 0.3) is 5.89 Å². The maximum absolute atomic E-state index is 12.8. The highest BCUT2D eigenvalue weighted by molar-refractivity contribution is 6.33. The molecule has 0 aliphatic carbocycles. The molecule has 1 aromatic heterocycles. The lowest BCUT2D eigenvalue weighted by molar-refractivity contribution is 0.0996. The van der Waals surface area contributed by atoms with E-state index < -0.39 is 5.82 Å². The topological polar surface area (TPSA) is 74.2 Å². The van der Waals surface area contributed by atoms with Crippen molar-refractivity contribution in [1.29, 1.82) is 0 Å². The van der Waals surface area contributed by atoms with E-state index in [0.29, 0.717) is 5.56 Å². The molecular formula is C9H7ClFN3O2. The first-order chi connectivity index (χ1) is 7.70. The van der Waals surface area contributed by atoms with Gasteiger partial charge in [-0.1, -0.05) is 16.8 Å². The molecular weight excluding hydrogens is 237 g/mol. The Kier molecular flexibility index (Phi) is 3.14. The fraction of sp³-hybridized carbons (Fsp3) is 0.111. The highest BCUT2D eigenvalue weighted by Gasteiger charge is 2.12. The van der Waals surface area contributed by atoms with Gasteiger partial charge < -0.3 is 4.52 Å². The van der Waals surface area contributed by atoms with E-state index in [0.717, 1.165) is 0 Å². The second-order valence-electron chi connectivity index (χ2n) is 2.95. The Balaban J connectivity index is 2.35. The molecule has 0 saturated carbocycles. The lowest BCUT2D eigenvalue weighted by Gasteiger charge is -1.97. The van der Waals surface area contributed by atoms with Crippen LogP contribution in [-0.4, -0.2) is 10.1 Å². The van der Waals surface area contributed by atoms with Crippen molar-refractivity contribution in [3.05, 3.63) is 34.9 Å². The summed E-state index contributed by atoms with van der Waals surface area (Å²) in [6.07, 6.45) is 0. The van der Waals surface area contributed by atoms with Gasteiger partial charge in [-0.15, -0.1) is 0 Å². The Morgan fingerprint density at radius 2 is 2.31 bits per heavy atom. The summed E-state index contributed by atoms with van der Waals surface area (Å²) in [5.74, 6) is 4.91. The van der Waals surface area contributed by atoms with Crippen molar-refractivity contribution in [2.24, 2.45) is 5.90 Å². The molecule has 2 rings (SSSR count). The van der Waals surface area contributed by atoms with Crippen LogP contribution in [0.1, 0.15) is 5.89 Å². The average Bonchev–Trinajstić information content (AvgIpc) is 2.67. The summed E-state index contributed by atoms with van der Waals surface area (Å²) < 4.78 is 17.6. The Hall–Kier alpha value is -1.50. The van der Waals surface area contributed by atoms with E-state index in [9.17, 15) is 4.39 Å². The van der Waals surface area contributed by atoms with Gasteiger partial charge in [-0.2, -0.15) is 4.98 Å². The number of aromatic nitrogens is 2. The first-order valence-electron chi connectivity index (χ1n) is 4.30. The summed E-state index contributed by atoms with van der Waals surface area (Å²) in [4.78, 5) is 8.31. The smallest absolute Gasteiger partial charge is 0.255 e. The number of hydrogen-bond donors (Lipinski definition) is 1. The van der Waals surface area contributed by atoms with Gasteiger partial charge in [0.1, 0.15) is 12.4 Å². The lowest BCUT2D eigenvalue weighted by Crippen LogP contribution is -1.98. The third kappa shape index (κ3) is 2.19. The fourth-order valence-electron chi connectivity index (χ4n) is 1.16. The minimum absolute atomic E-state index is 0.00577. The second kappa shape index (κ2) is 4.56. The molecule has 2 N–H and O–H groups in total. The minimum atomic E-state index is -0.428. The van der Waals surface area contributed by atoms with Crippen LogP contribution in [0.5, 0.6) is 0 Å². The Bertz CT molecular complexity index is 503. The van der Waals surface area contributed by atoms with Crippen LogP contribution in [0.25, 0.3) is 11.4 Å². The van der Waals surface area contributed by atoms with Gasteiger partial charge in [0.15, 0.2) is 0 Å². The Morgan fingerprint density at radius 1 is 1.50 bits per heavy atom. The zero-order valence-corrected chi connectivity index (χ0v) is 8.74. The molecule has 0 fully saturated rings. The monoisotopic (exact) mass is 243 g/mol. The molecule has 0 aliphatic heterocycles. The van der Waals surface area contributed by atoms with E-state index in [-0.39, 0.29) is 23.3 Å². The van der Waals surface area contributed by atoms with Gasteiger partial charge in [0.05, 0.1) is 5.02 Å². The molecule has 1 heterocycles. The molecule has 5 nitrogen and oxygen atoms in total. The molecule has 0 aliphatic rings. The van der Waals surface area contributed by atoms with Crippen LogP contribution in [0, 0.1) is 5.82 Å². The number of rotatable bonds is 3. The summed E-state index contributed by atoms with van der Waals surface area (Å²) in [7, 11) is 0. The fourth-order valence-corrected chi connectivity index (χ4v) is 1.42. The number of hydrogen-bond acceptors (Lipinski definition) is 5. The van der Waals surface area contributed by atoms with E-state index in [1.165, 1.54) is 18.2 Å². The van der Waals surface area contributed by atoms with Crippen LogP contribution >= 0.6 is 11.6 Å². The molecule has 2 aromatic rings. The number of nitrogens with zero attached hydrogens (tertiary/aromatic N) is 2. The van der Waals surface area contributed by atoms with Crippen LogP contribution in [0.3, 0.4) is 0 Å². The van der Waals surface area contributed by atoms with Crippen molar-refractivity contribution < 1.29 is 13.8 Å². The Labute approximate surface area is 94.9 Å². The van der Waals surface area contributed by atoms with Gasteiger partial charge in [-0.3, -0.25) is 4.84 Å². The number of benzene rings is 1. The predicted octanol–water partition coefficient (Wildman–Crippen LogP) is 1.92. The van der Waals surface area contributed by atoms with E-state index in [1.54, 1.807) is 0 Å². The van der Waals surface area contributed by atoms with Crippen LogP contribution in [0.2, 0.25) is 5.02 Å². The molecule has 0 atom stereocenters. The largest absolute Gasteiger partial charge is 0.336 e. The molecule has 0 amide bonds. The molecule has 16 heavy (non-hydrogen) atoms. The van der Waals surface area contributed by atoms with Crippen molar-refractivity contribution in [3.8, 4) is 11.4 Å². The van der Waals surface area contributed by atoms with E-state index in [4.69, 9.17) is 22.0 Å². The summed E-state index contributed by atoms with van der Waals surface area (Å²) in [5.41, 5.74) is 0.482. The number of nitrogens with two attached hydrogens (primary N) is 1. The molecule has 1 aromatic carbocycles. The predicted molar refractivity (Wildman–Crippen MR) is 53.7 cm³/mol. The van der Waals surface area contributed by atoms with E-state index in [1.807, 2.05) is 0 Å². The van der Waals surface area contributed by atoms with Crippen molar-refractivity contribution in [1.82, 2.24) is 10.1 Å². The van der Waals surface area contributed by atoms with Crippen molar-refractivity contribution in [2.75, 3.05) is 0 Å². The molecule has 84 valence electrons. The molecule has 0 radical (unpaired) electrons. The van der Waals surface area contributed by atoms with Crippen LogP contribution in [-0.2, 0) is 11.4 Å². The first-order valence-corrected chi connectivity index (χ1v) is 4.68. The first kappa shape index (κ1) is 11.0. The number of halogens is 2. The molecule has 0 spiro atoms. The summed E-state index contributed by atoms with van der Waals surface area (Å²) in [6.45, 7) is 0.00577. The zero-order chi connectivity index (χ0) is 11.5. The molecule has 7 heteroatoms. The maximum Gasteiger partial charge on any atom is 0.255 e. The highest BCUT2D eigenvalue weighted by atomic mass is 35.5. The van der Waals surface area contributed by atoms with Crippen LogP contribution < -0.4 is 5.90 Å². The SMILES string of the molecule is NOCc1nc(-c2ccc(F)cc2Cl)no1. The highest BCUT2D eigenvalue weighted by Crippen LogP contribution is 2.26. The second-order valence-corrected chi connectivity index (χ2v) is 3.35. The standard InChI is InChI=1S/C9H7ClFN3O2/c10-7-3-5(11)1-2-6(7)9-13-8(4-15-12)16-14-9/h1-3H,4,12H2. The normalized spacial score (nSPS) is 10.7. The molecule has 0 unspecified atom stereocenters. The third-order valence-electron chi connectivity index (χ3n) is 1.85. The summed E-state index contributed by atoms with van der Waals surface area (Å²) >= 11 is 5.83. The quantitative estimate of drug-likeness (QED) is 0.834.